The number of carbonyl (C=O) groups excluding carboxylic acids is 1. The number of hydrogen-bond donors (Lipinski definition) is 1. The number of rotatable bonds is 5. The predicted octanol–water partition coefficient (Wildman–Crippen LogP) is 5.23. The number of carbonyl (C=O) groups is 1. The SMILES string of the molecule is CC1CCC(Nc2nc3ccccn3c(=O)c2C=C2SC(=S)N(Cc3ccc(F)cc3)C2=O)CC1. The van der Waals surface area contributed by atoms with Crippen molar-refractivity contribution in [3.63, 3.8) is 0 Å². The van der Waals surface area contributed by atoms with Crippen LogP contribution in [0.1, 0.15) is 43.7 Å². The van der Waals surface area contributed by atoms with Gasteiger partial charge in [-0.1, -0.05) is 49.1 Å². The summed E-state index contributed by atoms with van der Waals surface area (Å²) in [6.45, 7) is 2.50. The van der Waals surface area contributed by atoms with Crippen LogP contribution in [0.4, 0.5) is 10.2 Å². The third-order valence-corrected chi connectivity index (χ3v) is 7.91. The number of benzene rings is 1. The minimum atomic E-state index is -0.337. The Morgan fingerprint density at radius 2 is 1.89 bits per heavy atom. The van der Waals surface area contributed by atoms with Gasteiger partial charge in [-0.15, -0.1) is 0 Å². The van der Waals surface area contributed by atoms with Crippen LogP contribution in [0.2, 0.25) is 0 Å². The summed E-state index contributed by atoms with van der Waals surface area (Å²) in [7, 11) is 0. The second kappa shape index (κ2) is 9.91. The fraction of sp³-hybridized carbons (Fsp3) is 0.308. The lowest BCUT2D eigenvalue weighted by atomic mass is 9.87. The maximum Gasteiger partial charge on any atom is 0.267 e. The van der Waals surface area contributed by atoms with E-state index in [0.29, 0.717) is 32.2 Å². The number of hydrogen-bond acceptors (Lipinski definition) is 6. The molecule has 3 heterocycles. The molecule has 1 aromatic carbocycles. The summed E-state index contributed by atoms with van der Waals surface area (Å²) in [5.74, 6) is 0.574. The normalized spacial score (nSPS) is 21.8. The van der Waals surface area contributed by atoms with E-state index >= 15 is 0 Å². The zero-order valence-corrected chi connectivity index (χ0v) is 20.9. The molecule has 1 aliphatic heterocycles. The molecule has 1 aliphatic carbocycles. The average Bonchev–Trinajstić information content (AvgIpc) is 3.11. The fourth-order valence-electron chi connectivity index (χ4n) is 4.48. The molecular weight excluding hydrogens is 483 g/mol. The largest absolute Gasteiger partial charge is 0.367 e. The van der Waals surface area contributed by atoms with Crippen molar-refractivity contribution >= 4 is 51.7 Å². The Labute approximate surface area is 212 Å². The minimum absolute atomic E-state index is 0.226. The van der Waals surface area contributed by atoms with Gasteiger partial charge < -0.3 is 5.32 Å². The molecule has 3 aromatic rings. The number of halogens is 1. The van der Waals surface area contributed by atoms with E-state index in [2.05, 4.69) is 12.2 Å². The van der Waals surface area contributed by atoms with Crippen molar-refractivity contribution in [3.8, 4) is 0 Å². The molecule has 6 nitrogen and oxygen atoms in total. The van der Waals surface area contributed by atoms with E-state index in [1.54, 1.807) is 36.5 Å². The van der Waals surface area contributed by atoms with Crippen LogP contribution in [0.5, 0.6) is 0 Å². The van der Waals surface area contributed by atoms with E-state index in [1.807, 2.05) is 6.07 Å². The van der Waals surface area contributed by atoms with Gasteiger partial charge in [-0.2, -0.15) is 0 Å². The number of aromatic nitrogens is 2. The van der Waals surface area contributed by atoms with Gasteiger partial charge in [-0.3, -0.25) is 18.9 Å². The van der Waals surface area contributed by atoms with Crippen LogP contribution in [0.15, 0.2) is 58.4 Å². The Morgan fingerprint density at radius 3 is 2.63 bits per heavy atom. The lowest BCUT2D eigenvalue weighted by molar-refractivity contribution is -0.122. The van der Waals surface area contributed by atoms with Gasteiger partial charge in [0, 0.05) is 12.2 Å². The summed E-state index contributed by atoms with van der Waals surface area (Å²) in [6, 6.07) is 11.6. The van der Waals surface area contributed by atoms with Crippen LogP contribution >= 0.6 is 24.0 Å². The molecule has 180 valence electrons. The summed E-state index contributed by atoms with van der Waals surface area (Å²) < 4.78 is 15.2. The lowest BCUT2D eigenvalue weighted by Gasteiger charge is -2.27. The van der Waals surface area contributed by atoms with Crippen LogP contribution in [0.25, 0.3) is 11.7 Å². The molecule has 5 rings (SSSR count). The van der Waals surface area contributed by atoms with Crippen molar-refractivity contribution in [2.75, 3.05) is 5.32 Å². The highest BCUT2D eigenvalue weighted by Gasteiger charge is 2.33. The summed E-state index contributed by atoms with van der Waals surface area (Å²) in [4.78, 5) is 33.3. The number of thiocarbonyl (C=S) groups is 1. The molecule has 2 fully saturated rings. The first-order valence-electron chi connectivity index (χ1n) is 11.7. The molecule has 0 unspecified atom stereocenters. The average molecular weight is 509 g/mol. The van der Waals surface area contributed by atoms with E-state index in [4.69, 9.17) is 17.2 Å². The molecule has 1 N–H and O–H groups in total. The van der Waals surface area contributed by atoms with Crippen LogP contribution in [-0.4, -0.2) is 30.6 Å². The van der Waals surface area contributed by atoms with Gasteiger partial charge in [0.05, 0.1) is 17.0 Å². The van der Waals surface area contributed by atoms with Crippen molar-refractivity contribution < 1.29 is 9.18 Å². The molecule has 0 spiro atoms. The maximum atomic E-state index is 13.5. The Kier molecular flexibility index (Phi) is 6.71. The van der Waals surface area contributed by atoms with E-state index < -0.39 is 0 Å². The topological polar surface area (TPSA) is 66.7 Å². The summed E-state index contributed by atoms with van der Waals surface area (Å²) in [6.07, 6.45) is 7.55. The Bertz CT molecular complexity index is 1380. The molecule has 1 amide bonds. The highest BCUT2D eigenvalue weighted by Crippen LogP contribution is 2.34. The number of nitrogens with zero attached hydrogens (tertiary/aromatic N) is 3. The van der Waals surface area contributed by atoms with Crippen molar-refractivity contribution in [1.82, 2.24) is 14.3 Å². The van der Waals surface area contributed by atoms with Gasteiger partial charge in [-0.25, -0.2) is 9.37 Å². The highest BCUT2D eigenvalue weighted by molar-refractivity contribution is 8.26. The first kappa shape index (κ1) is 23.7. The zero-order valence-electron chi connectivity index (χ0n) is 19.2. The predicted molar refractivity (Wildman–Crippen MR) is 142 cm³/mol. The van der Waals surface area contributed by atoms with E-state index in [9.17, 15) is 14.0 Å². The monoisotopic (exact) mass is 508 g/mol. The standard InChI is InChI=1S/C26H25FN4O2S2/c1-16-5-11-19(12-6-16)28-23-20(24(32)30-13-3-2-4-22(30)29-23)14-21-25(33)31(26(34)35-21)15-17-7-9-18(27)10-8-17/h2-4,7-10,13-14,16,19,28H,5-6,11-12,15H2,1H3. The summed E-state index contributed by atoms with van der Waals surface area (Å²) in [5, 5.41) is 3.49. The van der Waals surface area contributed by atoms with Gasteiger partial charge in [-0.05, 0) is 67.5 Å². The molecular formula is C26H25FN4O2S2. The first-order valence-corrected chi connectivity index (χ1v) is 12.9. The number of nitrogens with one attached hydrogen (secondary N) is 1. The van der Waals surface area contributed by atoms with E-state index in [-0.39, 0.29) is 29.9 Å². The van der Waals surface area contributed by atoms with Gasteiger partial charge >= 0.3 is 0 Å². The summed E-state index contributed by atoms with van der Waals surface area (Å²) >= 11 is 6.62. The van der Waals surface area contributed by atoms with Crippen LogP contribution in [0.3, 0.4) is 0 Å². The zero-order chi connectivity index (χ0) is 24.5. The Hall–Kier alpha value is -3.04. The van der Waals surface area contributed by atoms with Gasteiger partial charge in [0.25, 0.3) is 11.5 Å². The van der Waals surface area contributed by atoms with Crippen molar-refractivity contribution in [3.05, 3.63) is 80.9 Å². The first-order chi connectivity index (χ1) is 16.9. The number of amides is 1. The van der Waals surface area contributed by atoms with Gasteiger partial charge in [0.15, 0.2) is 0 Å². The van der Waals surface area contributed by atoms with Crippen molar-refractivity contribution in [2.45, 2.75) is 45.2 Å². The molecule has 1 saturated heterocycles. The molecule has 35 heavy (non-hydrogen) atoms. The number of thioether (sulfide) groups is 1. The minimum Gasteiger partial charge on any atom is -0.367 e. The van der Waals surface area contributed by atoms with Crippen LogP contribution in [-0.2, 0) is 11.3 Å². The molecule has 0 radical (unpaired) electrons. The Morgan fingerprint density at radius 1 is 1.14 bits per heavy atom. The molecule has 9 heteroatoms. The third-order valence-electron chi connectivity index (χ3n) is 6.53. The van der Waals surface area contributed by atoms with E-state index in [0.717, 1.165) is 43.0 Å². The molecule has 0 bridgehead atoms. The van der Waals surface area contributed by atoms with Crippen LogP contribution < -0.4 is 10.9 Å². The third kappa shape index (κ3) is 5.01. The van der Waals surface area contributed by atoms with E-state index in [1.165, 1.54) is 21.4 Å². The second-order valence-corrected chi connectivity index (χ2v) is 10.8. The Balaban J connectivity index is 1.49. The maximum absolute atomic E-state index is 13.5. The van der Waals surface area contributed by atoms with Gasteiger partial charge in [0.1, 0.15) is 21.6 Å². The smallest absolute Gasteiger partial charge is 0.267 e. The van der Waals surface area contributed by atoms with Crippen LogP contribution in [0, 0.1) is 11.7 Å². The molecule has 1 saturated carbocycles. The lowest BCUT2D eigenvalue weighted by Crippen LogP contribution is -2.29. The van der Waals surface area contributed by atoms with Crippen molar-refractivity contribution in [2.24, 2.45) is 5.92 Å². The number of pyridine rings is 1. The fourth-order valence-corrected chi connectivity index (χ4v) is 5.72. The number of fused-ring (bicyclic) bond motifs is 1. The number of anilines is 1. The van der Waals surface area contributed by atoms with Crippen molar-refractivity contribution in [1.29, 1.82) is 0 Å². The quantitative estimate of drug-likeness (QED) is 0.376. The molecule has 0 atom stereocenters. The second-order valence-electron chi connectivity index (χ2n) is 9.10. The van der Waals surface area contributed by atoms with Gasteiger partial charge in [0.2, 0.25) is 0 Å². The molecule has 2 aliphatic rings. The highest BCUT2D eigenvalue weighted by atomic mass is 32.2. The summed E-state index contributed by atoms with van der Waals surface area (Å²) in [5.41, 5.74) is 1.41. The molecule has 2 aromatic heterocycles.